The lowest BCUT2D eigenvalue weighted by Gasteiger charge is -2.09. The van der Waals surface area contributed by atoms with Crippen molar-refractivity contribution in [1.82, 2.24) is 4.98 Å². The van der Waals surface area contributed by atoms with E-state index in [0.29, 0.717) is 0 Å². The summed E-state index contributed by atoms with van der Waals surface area (Å²) in [6.07, 6.45) is 0.900. The van der Waals surface area contributed by atoms with Crippen LogP contribution in [0.3, 0.4) is 0 Å². The number of benzene rings is 1. The molecule has 0 bridgehead atoms. The number of hydrogen-bond acceptors (Lipinski definition) is 4. The van der Waals surface area contributed by atoms with Crippen LogP contribution in [-0.4, -0.2) is 12.1 Å². The van der Waals surface area contributed by atoms with Gasteiger partial charge in [-0.25, -0.2) is 0 Å². The first-order chi connectivity index (χ1) is 9.06. The highest BCUT2D eigenvalue weighted by Gasteiger charge is 2.17. The van der Waals surface area contributed by atoms with Crippen LogP contribution in [0.2, 0.25) is 0 Å². The summed E-state index contributed by atoms with van der Waals surface area (Å²) in [5.41, 5.74) is 8.71. The van der Waals surface area contributed by atoms with Crippen LogP contribution in [0.4, 0.5) is 6.01 Å². The van der Waals surface area contributed by atoms with Gasteiger partial charge >= 0.3 is 0 Å². The minimum Gasteiger partial charge on any atom is -0.496 e. The van der Waals surface area contributed by atoms with Crippen LogP contribution in [-0.2, 0) is 6.42 Å². The maximum absolute atomic E-state index is 5.68. The van der Waals surface area contributed by atoms with E-state index in [4.69, 9.17) is 14.9 Å². The minimum absolute atomic E-state index is 0.215. The average molecular weight is 260 g/mol. The largest absolute Gasteiger partial charge is 0.496 e. The van der Waals surface area contributed by atoms with Crippen LogP contribution in [0.25, 0.3) is 11.3 Å². The number of ether oxygens (including phenoxy) is 1. The molecule has 102 valence electrons. The van der Waals surface area contributed by atoms with Crippen molar-refractivity contribution in [1.29, 1.82) is 0 Å². The summed E-state index contributed by atoms with van der Waals surface area (Å²) >= 11 is 0. The van der Waals surface area contributed by atoms with Crippen LogP contribution in [0.15, 0.2) is 22.6 Å². The van der Waals surface area contributed by atoms with Gasteiger partial charge in [-0.15, -0.1) is 0 Å². The molecule has 0 fully saturated rings. The van der Waals surface area contributed by atoms with Gasteiger partial charge in [-0.3, -0.25) is 0 Å². The Morgan fingerprint density at radius 1 is 1.37 bits per heavy atom. The third-order valence-electron chi connectivity index (χ3n) is 3.14. The van der Waals surface area contributed by atoms with Gasteiger partial charge in [-0.1, -0.05) is 20.8 Å². The van der Waals surface area contributed by atoms with E-state index in [2.05, 4.69) is 31.8 Å². The number of nitrogen functional groups attached to an aromatic ring is 1. The molecule has 1 aromatic heterocycles. The van der Waals surface area contributed by atoms with Crippen molar-refractivity contribution in [3.05, 3.63) is 29.5 Å². The number of nitrogens with two attached hydrogens (primary N) is 1. The summed E-state index contributed by atoms with van der Waals surface area (Å²) in [5, 5.41) is 0. The number of aromatic nitrogens is 1. The minimum atomic E-state index is 0.215. The Balaban J connectivity index is 2.53. The lowest BCUT2D eigenvalue weighted by atomic mass is 10.0. The van der Waals surface area contributed by atoms with Gasteiger partial charge in [0.25, 0.3) is 6.01 Å². The molecule has 1 heterocycles. The maximum atomic E-state index is 5.68. The second-order valence-corrected chi connectivity index (χ2v) is 4.80. The van der Waals surface area contributed by atoms with Gasteiger partial charge in [0.15, 0.2) is 5.76 Å². The molecule has 0 atom stereocenters. The first kappa shape index (κ1) is 13.5. The predicted octanol–water partition coefficient (Wildman–Crippen LogP) is 3.62. The van der Waals surface area contributed by atoms with Gasteiger partial charge in [0.1, 0.15) is 5.75 Å². The Kier molecular flexibility index (Phi) is 3.79. The van der Waals surface area contributed by atoms with Gasteiger partial charge in [0.05, 0.1) is 12.8 Å². The molecule has 0 aliphatic carbocycles. The van der Waals surface area contributed by atoms with E-state index in [9.17, 15) is 0 Å². The molecule has 2 rings (SSSR count). The molecular formula is C15H20N2O2. The number of nitrogens with zero attached hydrogens (tertiary/aromatic N) is 1. The Morgan fingerprint density at radius 3 is 2.68 bits per heavy atom. The van der Waals surface area contributed by atoms with Gasteiger partial charge in [0.2, 0.25) is 0 Å². The van der Waals surface area contributed by atoms with E-state index >= 15 is 0 Å². The SMILES string of the molecule is CCc1cc(-c2oc(N)nc2C(C)C)ccc1OC. The molecule has 4 heteroatoms. The number of anilines is 1. The first-order valence-electron chi connectivity index (χ1n) is 6.50. The molecule has 1 aromatic carbocycles. The topological polar surface area (TPSA) is 61.3 Å². The molecule has 0 unspecified atom stereocenters. The Labute approximate surface area is 113 Å². The van der Waals surface area contributed by atoms with Crippen LogP contribution in [0, 0.1) is 0 Å². The van der Waals surface area contributed by atoms with E-state index in [1.54, 1.807) is 7.11 Å². The van der Waals surface area contributed by atoms with E-state index in [1.807, 2.05) is 12.1 Å². The van der Waals surface area contributed by atoms with Gasteiger partial charge < -0.3 is 14.9 Å². The molecule has 2 aromatic rings. The third-order valence-corrected chi connectivity index (χ3v) is 3.14. The number of rotatable bonds is 4. The fourth-order valence-corrected chi connectivity index (χ4v) is 2.14. The molecule has 0 spiro atoms. The standard InChI is InChI=1S/C15H20N2O2/c1-5-10-8-11(6-7-12(10)18-4)14-13(9(2)3)17-15(16)19-14/h6-9H,5H2,1-4H3,(H2,16,17). The van der Waals surface area contributed by atoms with Gasteiger partial charge in [-0.05, 0) is 36.1 Å². The number of aryl methyl sites for hydroxylation is 1. The van der Waals surface area contributed by atoms with Gasteiger partial charge in [0, 0.05) is 5.56 Å². The molecule has 19 heavy (non-hydrogen) atoms. The molecule has 0 aliphatic rings. The smallest absolute Gasteiger partial charge is 0.292 e. The van der Waals surface area contributed by atoms with Crippen LogP contribution < -0.4 is 10.5 Å². The normalized spacial score (nSPS) is 11.0. The second-order valence-electron chi connectivity index (χ2n) is 4.80. The summed E-state index contributed by atoms with van der Waals surface area (Å²) in [6.45, 7) is 6.25. The van der Waals surface area contributed by atoms with Crippen molar-refractivity contribution in [2.75, 3.05) is 12.8 Å². The molecule has 4 nitrogen and oxygen atoms in total. The van der Waals surface area contributed by atoms with Gasteiger partial charge in [-0.2, -0.15) is 4.98 Å². The zero-order valence-electron chi connectivity index (χ0n) is 11.9. The molecule has 0 amide bonds. The number of oxazole rings is 1. The van der Waals surface area contributed by atoms with Crippen molar-refractivity contribution in [2.24, 2.45) is 0 Å². The van der Waals surface area contributed by atoms with E-state index < -0.39 is 0 Å². The second kappa shape index (κ2) is 5.34. The lowest BCUT2D eigenvalue weighted by molar-refractivity contribution is 0.410. The van der Waals surface area contributed by atoms with Crippen LogP contribution in [0.5, 0.6) is 5.75 Å². The maximum Gasteiger partial charge on any atom is 0.292 e. The van der Waals surface area contributed by atoms with E-state index in [1.165, 1.54) is 0 Å². The molecule has 0 radical (unpaired) electrons. The summed E-state index contributed by atoms with van der Waals surface area (Å²) in [4.78, 5) is 4.26. The van der Waals surface area contributed by atoms with E-state index in [-0.39, 0.29) is 11.9 Å². The molecular weight excluding hydrogens is 240 g/mol. The molecule has 0 saturated carbocycles. The van der Waals surface area contributed by atoms with Crippen molar-refractivity contribution >= 4 is 6.01 Å². The average Bonchev–Trinajstić information content (AvgIpc) is 2.80. The van der Waals surface area contributed by atoms with Crippen molar-refractivity contribution < 1.29 is 9.15 Å². The molecule has 2 N–H and O–H groups in total. The summed E-state index contributed by atoms with van der Waals surface area (Å²) < 4.78 is 10.9. The number of methoxy groups -OCH3 is 1. The Bertz CT molecular complexity index is 574. The zero-order chi connectivity index (χ0) is 14.0. The van der Waals surface area contributed by atoms with Crippen LogP contribution in [0.1, 0.15) is 37.9 Å². The van der Waals surface area contributed by atoms with Crippen molar-refractivity contribution in [3.8, 4) is 17.1 Å². The third kappa shape index (κ3) is 2.57. The predicted molar refractivity (Wildman–Crippen MR) is 76.4 cm³/mol. The quantitative estimate of drug-likeness (QED) is 0.912. The number of hydrogen-bond donors (Lipinski definition) is 1. The zero-order valence-corrected chi connectivity index (χ0v) is 11.9. The highest BCUT2D eigenvalue weighted by atomic mass is 16.5. The molecule has 0 saturated heterocycles. The fourth-order valence-electron chi connectivity index (χ4n) is 2.14. The summed E-state index contributed by atoms with van der Waals surface area (Å²) in [6, 6.07) is 6.22. The first-order valence-corrected chi connectivity index (χ1v) is 6.50. The van der Waals surface area contributed by atoms with E-state index in [0.717, 1.165) is 34.8 Å². The Morgan fingerprint density at radius 2 is 2.11 bits per heavy atom. The van der Waals surface area contributed by atoms with Crippen molar-refractivity contribution in [3.63, 3.8) is 0 Å². The van der Waals surface area contributed by atoms with Crippen LogP contribution >= 0.6 is 0 Å². The van der Waals surface area contributed by atoms with Crippen molar-refractivity contribution in [2.45, 2.75) is 33.1 Å². The summed E-state index contributed by atoms with van der Waals surface area (Å²) in [7, 11) is 1.68. The monoisotopic (exact) mass is 260 g/mol. The molecule has 0 aliphatic heterocycles. The highest BCUT2D eigenvalue weighted by molar-refractivity contribution is 5.64. The summed E-state index contributed by atoms with van der Waals surface area (Å²) in [5.74, 6) is 1.91. The lowest BCUT2D eigenvalue weighted by Crippen LogP contribution is -1.94. The fraction of sp³-hybridized carbons (Fsp3) is 0.400. The highest BCUT2D eigenvalue weighted by Crippen LogP contribution is 2.33. The Hall–Kier alpha value is -1.97.